The van der Waals surface area contributed by atoms with Gasteiger partial charge in [-0.05, 0) is 0 Å². The molecule has 2 rings (SSSR count). The second-order valence-corrected chi connectivity index (χ2v) is 5.17. The Bertz CT molecular complexity index is 523. The van der Waals surface area contributed by atoms with Gasteiger partial charge in [-0.1, -0.05) is 30.0 Å². The Morgan fingerprint density at radius 1 is 1.50 bits per heavy atom. The molecule has 0 unspecified atom stereocenters. The van der Waals surface area contributed by atoms with E-state index in [1.807, 2.05) is 18.5 Å². The molecular weight excluding hydrogens is 272 g/mol. The summed E-state index contributed by atoms with van der Waals surface area (Å²) in [5.74, 6) is 1.05. The van der Waals surface area contributed by atoms with Crippen molar-refractivity contribution >= 4 is 34.1 Å². The van der Waals surface area contributed by atoms with E-state index in [0.717, 1.165) is 17.4 Å². The first-order valence-electron chi connectivity index (χ1n) is 5.27. The third-order valence-electron chi connectivity index (χ3n) is 2.18. The number of thioether (sulfide) groups is 1. The van der Waals surface area contributed by atoms with Crippen LogP contribution >= 0.6 is 23.1 Å². The number of nitrogens with one attached hydrogen (secondary N) is 1. The maximum atomic E-state index is 11.6. The molecular formula is C9H12N6OS2. The van der Waals surface area contributed by atoms with E-state index in [0.29, 0.717) is 5.13 Å². The first-order valence-corrected chi connectivity index (χ1v) is 7.14. The van der Waals surface area contributed by atoms with Crippen LogP contribution in [0.2, 0.25) is 0 Å². The van der Waals surface area contributed by atoms with Crippen LogP contribution in [0.5, 0.6) is 0 Å². The first-order chi connectivity index (χ1) is 8.70. The number of amides is 1. The van der Waals surface area contributed by atoms with Crippen LogP contribution < -0.4 is 5.32 Å². The molecule has 2 heterocycles. The van der Waals surface area contributed by atoms with Crippen LogP contribution in [0.1, 0.15) is 12.7 Å². The number of hydrogen-bond donors (Lipinski definition) is 1. The fourth-order valence-corrected chi connectivity index (χ4v) is 2.48. The highest BCUT2D eigenvalue weighted by atomic mass is 32.2. The van der Waals surface area contributed by atoms with E-state index >= 15 is 0 Å². The summed E-state index contributed by atoms with van der Waals surface area (Å²) in [6.07, 6.45) is 0.820. The van der Waals surface area contributed by atoms with E-state index in [2.05, 4.69) is 25.7 Å². The monoisotopic (exact) mass is 284 g/mol. The summed E-state index contributed by atoms with van der Waals surface area (Å²) in [5, 5.41) is 19.3. The molecule has 2 aromatic heterocycles. The first kappa shape index (κ1) is 13.0. The number of carbonyl (C=O) groups excluding carboxylic acids is 1. The number of aromatic nitrogens is 5. The molecule has 0 bridgehead atoms. The third-order valence-corrected chi connectivity index (χ3v) is 3.81. The van der Waals surface area contributed by atoms with Gasteiger partial charge in [0, 0.05) is 13.5 Å². The Kier molecular flexibility index (Phi) is 4.26. The van der Waals surface area contributed by atoms with Gasteiger partial charge in [0.15, 0.2) is 5.16 Å². The lowest BCUT2D eigenvalue weighted by atomic mass is 10.5. The topological polar surface area (TPSA) is 85.6 Å². The molecule has 2 aromatic rings. The number of hydrogen-bond acceptors (Lipinski definition) is 7. The van der Waals surface area contributed by atoms with Crippen LogP contribution in [0.25, 0.3) is 0 Å². The van der Waals surface area contributed by atoms with E-state index in [-0.39, 0.29) is 11.7 Å². The van der Waals surface area contributed by atoms with Crippen molar-refractivity contribution < 1.29 is 4.79 Å². The zero-order valence-corrected chi connectivity index (χ0v) is 11.6. The van der Waals surface area contributed by atoms with Crippen molar-refractivity contribution in [3.63, 3.8) is 0 Å². The van der Waals surface area contributed by atoms with Crippen LogP contribution in [0, 0.1) is 0 Å². The van der Waals surface area contributed by atoms with E-state index in [4.69, 9.17) is 0 Å². The third kappa shape index (κ3) is 3.05. The number of rotatable bonds is 5. The molecule has 7 nitrogen and oxygen atoms in total. The van der Waals surface area contributed by atoms with Crippen LogP contribution in [0.15, 0.2) is 10.7 Å². The fraction of sp³-hybridized carbons (Fsp3) is 0.444. The average molecular weight is 284 g/mol. The second-order valence-electron chi connectivity index (χ2n) is 3.39. The van der Waals surface area contributed by atoms with Crippen LogP contribution in [0.3, 0.4) is 0 Å². The van der Waals surface area contributed by atoms with Gasteiger partial charge < -0.3 is 4.57 Å². The lowest BCUT2D eigenvalue weighted by molar-refractivity contribution is -0.113. The van der Waals surface area contributed by atoms with Gasteiger partial charge in [0.1, 0.15) is 11.3 Å². The Morgan fingerprint density at radius 2 is 2.33 bits per heavy atom. The highest BCUT2D eigenvalue weighted by Crippen LogP contribution is 2.16. The molecule has 0 aromatic carbocycles. The van der Waals surface area contributed by atoms with Gasteiger partial charge in [-0.15, -0.1) is 20.4 Å². The van der Waals surface area contributed by atoms with E-state index < -0.39 is 0 Å². The molecule has 0 atom stereocenters. The zero-order valence-electron chi connectivity index (χ0n) is 9.95. The van der Waals surface area contributed by atoms with Crippen molar-refractivity contribution in [2.75, 3.05) is 11.1 Å². The minimum Gasteiger partial charge on any atom is -0.309 e. The minimum atomic E-state index is -0.127. The van der Waals surface area contributed by atoms with Crippen molar-refractivity contribution in [3.8, 4) is 0 Å². The predicted octanol–water partition coefficient (Wildman–Crippen LogP) is 0.960. The van der Waals surface area contributed by atoms with Crippen LogP contribution in [-0.4, -0.2) is 36.6 Å². The molecule has 1 amide bonds. The normalized spacial score (nSPS) is 10.6. The molecule has 18 heavy (non-hydrogen) atoms. The molecule has 1 N–H and O–H groups in total. The molecule has 0 fully saturated rings. The fourth-order valence-electron chi connectivity index (χ4n) is 1.29. The van der Waals surface area contributed by atoms with E-state index in [9.17, 15) is 4.79 Å². The smallest absolute Gasteiger partial charge is 0.236 e. The maximum absolute atomic E-state index is 11.6. The number of nitrogens with zero attached hydrogens (tertiary/aromatic N) is 5. The van der Waals surface area contributed by atoms with Gasteiger partial charge in [0.05, 0.1) is 5.75 Å². The van der Waals surface area contributed by atoms with Crippen molar-refractivity contribution in [1.29, 1.82) is 0 Å². The van der Waals surface area contributed by atoms with Crippen molar-refractivity contribution in [3.05, 3.63) is 11.3 Å². The van der Waals surface area contributed by atoms with Gasteiger partial charge in [0.25, 0.3) is 0 Å². The van der Waals surface area contributed by atoms with Gasteiger partial charge in [-0.25, -0.2) is 0 Å². The van der Waals surface area contributed by atoms with Crippen molar-refractivity contribution in [2.45, 2.75) is 18.5 Å². The predicted molar refractivity (Wildman–Crippen MR) is 69.6 cm³/mol. The maximum Gasteiger partial charge on any atom is 0.236 e. The van der Waals surface area contributed by atoms with Gasteiger partial charge in [0.2, 0.25) is 11.0 Å². The molecule has 0 saturated heterocycles. The molecule has 96 valence electrons. The molecule has 0 saturated carbocycles. The molecule has 0 spiro atoms. The summed E-state index contributed by atoms with van der Waals surface area (Å²) in [7, 11) is 1.89. The average Bonchev–Trinajstić information content (AvgIpc) is 2.97. The molecule has 0 aliphatic carbocycles. The number of aryl methyl sites for hydroxylation is 1. The number of carbonyl (C=O) groups is 1. The molecule has 9 heteroatoms. The summed E-state index contributed by atoms with van der Waals surface area (Å²) in [4.78, 5) is 11.6. The molecule has 0 radical (unpaired) electrons. The Morgan fingerprint density at radius 3 is 2.94 bits per heavy atom. The summed E-state index contributed by atoms with van der Waals surface area (Å²) in [6, 6.07) is 0. The summed E-state index contributed by atoms with van der Waals surface area (Å²) in [6.45, 7) is 2.01. The standard InChI is InChI=1S/C9H12N6OS2/c1-3-6-12-14-9(15(6)2)17-4-7(16)11-8-13-10-5-18-8/h5H,3-4H2,1-2H3,(H,11,13,16). The van der Waals surface area contributed by atoms with Crippen LogP contribution in [0.4, 0.5) is 5.13 Å². The van der Waals surface area contributed by atoms with Gasteiger partial charge in [-0.2, -0.15) is 0 Å². The Labute approximate surface area is 112 Å². The van der Waals surface area contributed by atoms with E-state index in [1.54, 1.807) is 5.51 Å². The van der Waals surface area contributed by atoms with Crippen molar-refractivity contribution in [1.82, 2.24) is 25.0 Å². The largest absolute Gasteiger partial charge is 0.309 e. The van der Waals surface area contributed by atoms with Crippen molar-refractivity contribution in [2.24, 2.45) is 7.05 Å². The summed E-state index contributed by atoms with van der Waals surface area (Å²) in [5.41, 5.74) is 1.57. The molecule has 0 aliphatic heterocycles. The zero-order chi connectivity index (χ0) is 13.0. The van der Waals surface area contributed by atoms with Crippen LogP contribution in [-0.2, 0) is 18.3 Å². The molecule has 0 aliphatic rings. The van der Waals surface area contributed by atoms with E-state index in [1.165, 1.54) is 23.1 Å². The SMILES string of the molecule is CCc1nnc(SCC(=O)Nc2nncs2)n1C. The lowest BCUT2D eigenvalue weighted by Gasteiger charge is -2.02. The Balaban J connectivity index is 1.87. The lowest BCUT2D eigenvalue weighted by Crippen LogP contribution is -2.14. The second kappa shape index (κ2) is 5.91. The number of anilines is 1. The van der Waals surface area contributed by atoms with Gasteiger partial charge in [-0.3, -0.25) is 10.1 Å². The summed E-state index contributed by atoms with van der Waals surface area (Å²) < 4.78 is 1.89. The highest BCUT2D eigenvalue weighted by molar-refractivity contribution is 7.99. The van der Waals surface area contributed by atoms with Gasteiger partial charge >= 0.3 is 0 Å². The summed E-state index contributed by atoms with van der Waals surface area (Å²) >= 11 is 2.63. The Hall–Kier alpha value is -1.48. The quantitative estimate of drug-likeness (QED) is 0.823. The highest BCUT2D eigenvalue weighted by Gasteiger charge is 2.11. The minimum absolute atomic E-state index is 0.127.